The maximum absolute atomic E-state index is 5.73. The SMILES string of the molecule is CC.NC1CCC(P)CC1N. The van der Waals surface area contributed by atoms with E-state index in [1.54, 1.807) is 0 Å². The summed E-state index contributed by atoms with van der Waals surface area (Å²) in [6.45, 7) is 4.00. The van der Waals surface area contributed by atoms with E-state index in [2.05, 4.69) is 9.24 Å². The van der Waals surface area contributed by atoms with Crippen LogP contribution in [0.1, 0.15) is 33.1 Å². The summed E-state index contributed by atoms with van der Waals surface area (Å²) < 4.78 is 0. The van der Waals surface area contributed by atoms with Gasteiger partial charge in [0.05, 0.1) is 0 Å². The smallest absolute Gasteiger partial charge is 0.0198 e. The molecule has 2 nitrogen and oxygen atoms in total. The van der Waals surface area contributed by atoms with Crippen LogP contribution in [-0.4, -0.2) is 17.7 Å². The number of hydrogen-bond donors (Lipinski definition) is 2. The molecule has 1 fully saturated rings. The number of hydrogen-bond acceptors (Lipinski definition) is 2. The van der Waals surface area contributed by atoms with Crippen LogP contribution in [0.2, 0.25) is 0 Å². The summed E-state index contributed by atoms with van der Waals surface area (Å²) in [5.41, 5.74) is 12.1. The third kappa shape index (κ3) is 4.05. The molecule has 4 N–H and O–H groups in total. The highest BCUT2D eigenvalue weighted by Crippen LogP contribution is 2.22. The van der Waals surface area contributed by atoms with Gasteiger partial charge in [-0.1, -0.05) is 13.8 Å². The molecule has 0 bridgehead atoms. The van der Waals surface area contributed by atoms with Crippen molar-refractivity contribution in [2.75, 3.05) is 0 Å². The molecule has 0 heterocycles. The Hall–Kier alpha value is 0.350. The minimum Gasteiger partial charge on any atom is -0.326 e. The van der Waals surface area contributed by atoms with Crippen LogP contribution in [0.5, 0.6) is 0 Å². The predicted molar refractivity (Wildman–Crippen MR) is 54.6 cm³/mol. The van der Waals surface area contributed by atoms with Gasteiger partial charge in [-0.2, -0.15) is 0 Å². The molecule has 0 amide bonds. The van der Waals surface area contributed by atoms with Gasteiger partial charge in [0.2, 0.25) is 0 Å². The van der Waals surface area contributed by atoms with Crippen molar-refractivity contribution in [2.24, 2.45) is 11.5 Å². The second kappa shape index (κ2) is 5.93. The molecule has 0 aliphatic heterocycles. The van der Waals surface area contributed by atoms with Crippen LogP contribution in [0, 0.1) is 0 Å². The highest BCUT2D eigenvalue weighted by atomic mass is 31.0. The van der Waals surface area contributed by atoms with Crippen LogP contribution in [0.15, 0.2) is 0 Å². The first kappa shape index (κ1) is 11.4. The Balaban J connectivity index is 0.000000461. The molecule has 1 aliphatic carbocycles. The second-order valence-corrected chi connectivity index (χ2v) is 3.84. The summed E-state index contributed by atoms with van der Waals surface area (Å²) in [6, 6.07) is 0.489. The Bertz CT molecular complexity index is 98.1. The van der Waals surface area contributed by atoms with E-state index in [4.69, 9.17) is 11.5 Å². The van der Waals surface area contributed by atoms with Gasteiger partial charge in [-0.15, -0.1) is 9.24 Å². The molecule has 0 radical (unpaired) electrons. The third-order valence-electron chi connectivity index (χ3n) is 2.00. The summed E-state index contributed by atoms with van der Waals surface area (Å²) in [4.78, 5) is 0. The van der Waals surface area contributed by atoms with Crippen LogP contribution in [-0.2, 0) is 0 Å². The molecule has 68 valence electrons. The average molecular weight is 176 g/mol. The van der Waals surface area contributed by atoms with E-state index < -0.39 is 0 Å². The molecule has 4 unspecified atom stereocenters. The molecule has 1 rings (SSSR count). The maximum Gasteiger partial charge on any atom is 0.0198 e. The first-order valence-electron chi connectivity index (χ1n) is 4.47. The normalized spacial score (nSPS) is 37.4. The lowest BCUT2D eigenvalue weighted by Gasteiger charge is -2.29. The topological polar surface area (TPSA) is 52.0 Å². The molecule has 0 aromatic carbocycles. The van der Waals surface area contributed by atoms with E-state index in [-0.39, 0.29) is 12.1 Å². The van der Waals surface area contributed by atoms with Crippen molar-refractivity contribution in [1.29, 1.82) is 0 Å². The van der Waals surface area contributed by atoms with Crippen LogP contribution < -0.4 is 11.5 Å². The Labute approximate surface area is 72.3 Å². The Morgan fingerprint density at radius 3 is 2.00 bits per heavy atom. The molecule has 3 heteroatoms. The van der Waals surface area contributed by atoms with Gasteiger partial charge in [0.25, 0.3) is 0 Å². The van der Waals surface area contributed by atoms with E-state index >= 15 is 0 Å². The Kier molecular flexibility index (Phi) is 6.12. The molecule has 4 atom stereocenters. The van der Waals surface area contributed by atoms with Crippen molar-refractivity contribution in [3.05, 3.63) is 0 Å². The van der Waals surface area contributed by atoms with E-state index in [9.17, 15) is 0 Å². The monoisotopic (exact) mass is 176 g/mol. The van der Waals surface area contributed by atoms with Crippen LogP contribution in [0.3, 0.4) is 0 Å². The number of nitrogens with two attached hydrogens (primary N) is 2. The minimum absolute atomic E-state index is 0.237. The number of rotatable bonds is 0. The third-order valence-corrected chi connectivity index (χ3v) is 2.60. The lowest BCUT2D eigenvalue weighted by atomic mass is 9.91. The lowest BCUT2D eigenvalue weighted by Crippen LogP contribution is -2.46. The largest absolute Gasteiger partial charge is 0.326 e. The summed E-state index contributed by atoms with van der Waals surface area (Å²) >= 11 is 0. The highest BCUT2D eigenvalue weighted by molar-refractivity contribution is 7.17. The zero-order chi connectivity index (χ0) is 8.85. The minimum atomic E-state index is 0.237. The molecule has 0 spiro atoms. The van der Waals surface area contributed by atoms with Crippen molar-refractivity contribution in [2.45, 2.75) is 50.9 Å². The molecule has 1 saturated carbocycles. The van der Waals surface area contributed by atoms with E-state index in [0.29, 0.717) is 5.66 Å². The first-order chi connectivity index (χ1) is 5.20. The fraction of sp³-hybridized carbons (Fsp3) is 1.00. The van der Waals surface area contributed by atoms with Crippen molar-refractivity contribution in [3.8, 4) is 0 Å². The van der Waals surface area contributed by atoms with Gasteiger partial charge < -0.3 is 11.5 Å². The molecule has 0 saturated heterocycles. The summed E-state index contributed by atoms with van der Waals surface area (Å²) in [5, 5.41) is 0. The van der Waals surface area contributed by atoms with Crippen molar-refractivity contribution in [3.63, 3.8) is 0 Å². The van der Waals surface area contributed by atoms with Gasteiger partial charge >= 0.3 is 0 Å². The van der Waals surface area contributed by atoms with Gasteiger partial charge in [-0.3, -0.25) is 0 Å². The fourth-order valence-corrected chi connectivity index (χ4v) is 1.77. The molecular weight excluding hydrogens is 155 g/mol. The first-order valence-corrected chi connectivity index (χ1v) is 5.13. The van der Waals surface area contributed by atoms with E-state index in [1.807, 2.05) is 13.8 Å². The standard InChI is InChI=1S/C6H15N2P.C2H6/c7-5-2-1-4(9)3-6(5)8;1-2/h4-6H,1-3,7-9H2;1-2H3. The van der Waals surface area contributed by atoms with E-state index in [1.165, 1.54) is 6.42 Å². The predicted octanol–water partition coefficient (Wildman–Crippen LogP) is 1.09. The van der Waals surface area contributed by atoms with Crippen molar-refractivity contribution < 1.29 is 0 Å². The highest BCUT2D eigenvalue weighted by Gasteiger charge is 2.22. The van der Waals surface area contributed by atoms with Crippen LogP contribution in [0.4, 0.5) is 0 Å². The summed E-state index contributed by atoms with van der Waals surface area (Å²) in [6.07, 6.45) is 3.39. The van der Waals surface area contributed by atoms with Gasteiger partial charge in [0, 0.05) is 12.1 Å². The molecule has 11 heavy (non-hydrogen) atoms. The second-order valence-electron chi connectivity index (χ2n) is 2.90. The van der Waals surface area contributed by atoms with Crippen molar-refractivity contribution >= 4 is 9.24 Å². The fourth-order valence-electron chi connectivity index (χ4n) is 1.26. The molecule has 0 aromatic rings. The zero-order valence-electron chi connectivity index (χ0n) is 7.59. The van der Waals surface area contributed by atoms with Gasteiger partial charge in [0.1, 0.15) is 0 Å². The van der Waals surface area contributed by atoms with Crippen LogP contribution in [0.25, 0.3) is 0 Å². The average Bonchev–Trinajstić information content (AvgIpc) is 2.02. The van der Waals surface area contributed by atoms with Crippen LogP contribution >= 0.6 is 9.24 Å². The summed E-state index contributed by atoms with van der Waals surface area (Å²) in [5.74, 6) is 0. The molecule has 0 aromatic heterocycles. The van der Waals surface area contributed by atoms with Gasteiger partial charge in [-0.05, 0) is 24.9 Å². The van der Waals surface area contributed by atoms with E-state index in [0.717, 1.165) is 12.8 Å². The molecular formula is C8H21N2P. The van der Waals surface area contributed by atoms with Gasteiger partial charge in [0.15, 0.2) is 0 Å². The quantitative estimate of drug-likeness (QED) is 0.543. The van der Waals surface area contributed by atoms with Gasteiger partial charge in [-0.25, -0.2) is 0 Å². The Morgan fingerprint density at radius 1 is 1.09 bits per heavy atom. The summed E-state index contributed by atoms with van der Waals surface area (Å²) in [7, 11) is 2.81. The Morgan fingerprint density at radius 2 is 1.64 bits per heavy atom. The van der Waals surface area contributed by atoms with Crippen molar-refractivity contribution in [1.82, 2.24) is 0 Å². The zero-order valence-corrected chi connectivity index (χ0v) is 8.74. The maximum atomic E-state index is 5.73. The lowest BCUT2D eigenvalue weighted by molar-refractivity contribution is 0.392. The molecule has 1 aliphatic rings.